The molecule has 0 unspecified atom stereocenters. The Morgan fingerprint density at radius 3 is 2.40 bits per heavy atom. The van der Waals surface area contributed by atoms with Gasteiger partial charge in [0.1, 0.15) is 0 Å². The van der Waals surface area contributed by atoms with E-state index in [1.54, 1.807) is 0 Å². The molecule has 0 saturated carbocycles. The molecule has 0 aliphatic rings. The molecule has 10 heavy (non-hydrogen) atoms. The Kier molecular flexibility index (Phi) is 5.35. The summed E-state index contributed by atoms with van der Waals surface area (Å²) in [5.74, 6) is 0. The van der Waals surface area contributed by atoms with Gasteiger partial charge in [-0.25, -0.2) is 0 Å². The first-order chi connectivity index (χ1) is 4.93. The van der Waals surface area contributed by atoms with E-state index in [4.69, 9.17) is 0 Å². The van der Waals surface area contributed by atoms with Gasteiger partial charge in [0.05, 0.1) is 0 Å². The Morgan fingerprint density at radius 2 is 2.10 bits per heavy atom. The van der Waals surface area contributed by atoms with Crippen LogP contribution in [0.25, 0.3) is 0 Å². The van der Waals surface area contributed by atoms with E-state index in [2.05, 4.69) is 25.1 Å². The predicted octanol–water partition coefficient (Wildman–Crippen LogP) is 2.45. The van der Waals surface area contributed by atoms with E-state index >= 15 is 0 Å². The Balaban J connectivity index is 0.000000371. The first kappa shape index (κ1) is 8.89. The summed E-state index contributed by atoms with van der Waals surface area (Å²) in [6, 6.07) is 5.96. The van der Waals surface area contributed by atoms with Gasteiger partial charge in [0.15, 0.2) is 0 Å². The van der Waals surface area contributed by atoms with Crippen molar-refractivity contribution in [3.8, 4) is 0 Å². The highest BCUT2D eigenvalue weighted by Gasteiger charge is 1.81. The summed E-state index contributed by atoms with van der Waals surface area (Å²) < 4.78 is 0. The second-order valence-electron chi connectivity index (χ2n) is 1.67. The van der Waals surface area contributed by atoms with Gasteiger partial charge in [0.25, 0.3) is 0 Å². The summed E-state index contributed by atoms with van der Waals surface area (Å²) in [5.41, 5.74) is 1.16. The lowest BCUT2D eigenvalue weighted by Crippen LogP contribution is -1.81. The molecule has 0 fully saturated rings. The highest BCUT2D eigenvalue weighted by molar-refractivity contribution is 5.02. The summed E-state index contributed by atoms with van der Waals surface area (Å²) in [7, 11) is 0. The lowest BCUT2D eigenvalue weighted by atomic mass is 10.3. The minimum absolute atomic E-state index is 1.03. The maximum atomic E-state index is 4.10. The van der Waals surface area contributed by atoms with Crippen molar-refractivity contribution in [1.29, 1.82) is 0 Å². The monoisotopic (exact) mass is 135 g/mol. The van der Waals surface area contributed by atoms with Crippen molar-refractivity contribution in [3.63, 3.8) is 0 Å². The minimum Gasteiger partial charge on any atom is -0.261 e. The molecule has 1 rings (SSSR count). The maximum Gasteiger partial charge on any atom is 0.0400 e. The molecule has 1 aromatic rings. The first-order valence-corrected chi connectivity index (χ1v) is 3.33. The Labute approximate surface area is 62.4 Å². The van der Waals surface area contributed by atoms with Gasteiger partial charge >= 0.3 is 0 Å². The van der Waals surface area contributed by atoms with E-state index < -0.39 is 0 Å². The SMILES string of the molecule is C=C.CCc1ccccn1. The molecular weight excluding hydrogens is 122 g/mol. The van der Waals surface area contributed by atoms with E-state index in [9.17, 15) is 0 Å². The topological polar surface area (TPSA) is 12.9 Å². The number of hydrogen-bond donors (Lipinski definition) is 0. The molecule has 0 amide bonds. The van der Waals surface area contributed by atoms with Crippen LogP contribution in [0.3, 0.4) is 0 Å². The van der Waals surface area contributed by atoms with Crippen LogP contribution in [0.5, 0.6) is 0 Å². The minimum atomic E-state index is 1.03. The largest absolute Gasteiger partial charge is 0.261 e. The smallest absolute Gasteiger partial charge is 0.0400 e. The van der Waals surface area contributed by atoms with Crippen LogP contribution in [0.1, 0.15) is 12.6 Å². The van der Waals surface area contributed by atoms with E-state index in [1.807, 2.05) is 24.4 Å². The van der Waals surface area contributed by atoms with Gasteiger partial charge in [0, 0.05) is 11.9 Å². The van der Waals surface area contributed by atoms with Crippen LogP contribution < -0.4 is 0 Å². The van der Waals surface area contributed by atoms with Gasteiger partial charge in [0.2, 0.25) is 0 Å². The van der Waals surface area contributed by atoms with Gasteiger partial charge in [-0.15, -0.1) is 13.2 Å². The van der Waals surface area contributed by atoms with Gasteiger partial charge in [-0.05, 0) is 18.6 Å². The molecule has 0 N–H and O–H groups in total. The molecule has 1 heterocycles. The van der Waals surface area contributed by atoms with Crippen LogP contribution in [0, 0.1) is 0 Å². The number of nitrogens with zero attached hydrogens (tertiary/aromatic N) is 1. The quantitative estimate of drug-likeness (QED) is 0.539. The standard InChI is InChI=1S/C7H9N.C2H4/c1-2-7-5-3-4-6-8-7;1-2/h3-6H,2H2,1H3;1-2H2. The van der Waals surface area contributed by atoms with Crippen molar-refractivity contribution in [1.82, 2.24) is 4.98 Å². The van der Waals surface area contributed by atoms with Crippen molar-refractivity contribution in [3.05, 3.63) is 43.2 Å². The van der Waals surface area contributed by atoms with Crippen LogP contribution in [0.2, 0.25) is 0 Å². The summed E-state index contributed by atoms with van der Waals surface area (Å²) >= 11 is 0. The Bertz CT molecular complexity index is 158. The fraction of sp³-hybridized carbons (Fsp3) is 0.222. The number of aromatic nitrogens is 1. The van der Waals surface area contributed by atoms with Gasteiger partial charge in [-0.2, -0.15) is 0 Å². The lowest BCUT2D eigenvalue weighted by Gasteiger charge is -1.88. The van der Waals surface area contributed by atoms with Crippen LogP contribution in [-0.4, -0.2) is 4.98 Å². The zero-order chi connectivity index (χ0) is 7.82. The molecule has 0 atom stereocenters. The van der Waals surface area contributed by atoms with E-state index in [1.165, 1.54) is 0 Å². The predicted molar refractivity (Wildman–Crippen MR) is 44.9 cm³/mol. The molecule has 0 spiro atoms. The van der Waals surface area contributed by atoms with E-state index in [0.717, 1.165) is 12.1 Å². The second kappa shape index (κ2) is 6.02. The van der Waals surface area contributed by atoms with Gasteiger partial charge in [-0.3, -0.25) is 4.98 Å². The van der Waals surface area contributed by atoms with Crippen molar-refractivity contribution >= 4 is 0 Å². The third-order valence-corrected chi connectivity index (χ3v) is 1.09. The molecule has 0 bridgehead atoms. The Hall–Kier alpha value is -1.11. The number of aryl methyl sites for hydroxylation is 1. The zero-order valence-corrected chi connectivity index (χ0v) is 6.38. The molecule has 1 nitrogen and oxygen atoms in total. The third kappa shape index (κ3) is 3.02. The highest BCUT2D eigenvalue weighted by atomic mass is 14.6. The van der Waals surface area contributed by atoms with Gasteiger partial charge in [-0.1, -0.05) is 13.0 Å². The molecule has 0 aliphatic heterocycles. The van der Waals surface area contributed by atoms with Crippen molar-refractivity contribution < 1.29 is 0 Å². The van der Waals surface area contributed by atoms with Crippen LogP contribution in [0.4, 0.5) is 0 Å². The fourth-order valence-corrected chi connectivity index (χ4v) is 0.607. The molecule has 0 radical (unpaired) electrons. The van der Waals surface area contributed by atoms with E-state index in [-0.39, 0.29) is 0 Å². The van der Waals surface area contributed by atoms with Gasteiger partial charge < -0.3 is 0 Å². The molecule has 0 aliphatic carbocycles. The van der Waals surface area contributed by atoms with E-state index in [0.29, 0.717) is 0 Å². The highest BCUT2D eigenvalue weighted by Crippen LogP contribution is 1.91. The van der Waals surface area contributed by atoms with Crippen molar-refractivity contribution in [2.45, 2.75) is 13.3 Å². The molecule has 1 aromatic heterocycles. The molecule has 1 heteroatoms. The average Bonchev–Trinajstić information content (AvgIpc) is 2.10. The molecular formula is C9H13N. The van der Waals surface area contributed by atoms with Crippen LogP contribution >= 0.6 is 0 Å². The van der Waals surface area contributed by atoms with Crippen molar-refractivity contribution in [2.75, 3.05) is 0 Å². The maximum absolute atomic E-state index is 4.10. The van der Waals surface area contributed by atoms with Crippen molar-refractivity contribution in [2.24, 2.45) is 0 Å². The molecule has 0 aromatic carbocycles. The molecule has 0 saturated heterocycles. The molecule has 54 valence electrons. The normalized spacial score (nSPS) is 7.70. The summed E-state index contributed by atoms with van der Waals surface area (Å²) in [6.45, 7) is 8.10. The first-order valence-electron chi connectivity index (χ1n) is 3.33. The second-order valence-corrected chi connectivity index (χ2v) is 1.67. The number of pyridine rings is 1. The van der Waals surface area contributed by atoms with Crippen LogP contribution in [-0.2, 0) is 6.42 Å². The summed E-state index contributed by atoms with van der Waals surface area (Å²) in [4.78, 5) is 4.10. The zero-order valence-electron chi connectivity index (χ0n) is 6.38. The summed E-state index contributed by atoms with van der Waals surface area (Å²) in [6.07, 6.45) is 2.85. The fourth-order valence-electron chi connectivity index (χ4n) is 0.607. The third-order valence-electron chi connectivity index (χ3n) is 1.09. The Morgan fingerprint density at radius 1 is 1.40 bits per heavy atom. The number of hydrogen-bond acceptors (Lipinski definition) is 1. The lowest BCUT2D eigenvalue weighted by molar-refractivity contribution is 1.04. The average molecular weight is 135 g/mol. The summed E-state index contributed by atoms with van der Waals surface area (Å²) in [5, 5.41) is 0. The van der Waals surface area contributed by atoms with Crippen LogP contribution in [0.15, 0.2) is 37.6 Å². The number of rotatable bonds is 1.